The van der Waals surface area contributed by atoms with Crippen LogP contribution in [0.5, 0.6) is 0 Å². The Bertz CT molecular complexity index is 876. The van der Waals surface area contributed by atoms with E-state index in [2.05, 4.69) is 19.8 Å². The van der Waals surface area contributed by atoms with Gasteiger partial charge in [0.05, 0.1) is 12.1 Å². The zero-order chi connectivity index (χ0) is 19.5. The van der Waals surface area contributed by atoms with E-state index >= 15 is 0 Å². The van der Waals surface area contributed by atoms with Crippen molar-refractivity contribution in [2.24, 2.45) is 5.41 Å². The molecule has 2 atom stereocenters. The van der Waals surface area contributed by atoms with Crippen LogP contribution in [0, 0.1) is 5.41 Å². The monoisotopic (exact) mass is 429 g/mol. The summed E-state index contributed by atoms with van der Waals surface area (Å²) in [4.78, 5) is 14.1. The molecule has 1 spiro atoms. The van der Waals surface area contributed by atoms with Crippen LogP contribution >= 0.6 is 11.3 Å². The summed E-state index contributed by atoms with van der Waals surface area (Å²) >= 11 is 1.57. The van der Waals surface area contributed by atoms with E-state index in [9.17, 15) is 13.2 Å². The number of nitrogens with one attached hydrogen (secondary N) is 1. The number of amides is 2. The van der Waals surface area contributed by atoms with Crippen LogP contribution in [0.15, 0.2) is 0 Å². The quantitative estimate of drug-likeness (QED) is 0.689. The first kappa shape index (κ1) is 18.7. The highest BCUT2D eigenvalue weighted by Gasteiger charge is 2.50. The fraction of sp³-hybridized carbons (Fsp3) is 0.812. The molecular formula is C16H23N5O5S2. The Hall–Kier alpha value is -1.34. The van der Waals surface area contributed by atoms with Crippen molar-refractivity contribution in [1.29, 1.82) is 0 Å². The lowest BCUT2D eigenvalue weighted by molar-refractivity contribution is -0.0317. The molecule has 2 bridgehead atoms. The third-order valence-electron chi connectivity index (χ3n) is 6.61. The molecule has 10 nitrogen and oxygen atoms in total. The van der Waals surface area contributed by atoms with E-state index in [1.807, 2.05) is 0 Å². The second-order valence-corrected chi connectivity index (χ2v) is 10.4. The molecule has 4 aliphatic rings. The van der Waals surface area contributed by atoms with Crippen molar-refractivity contribution in [3.8, 4) is 0 Å². The third kappa shape index (κ3) is 3.20. The molecule has 0 aromatic carbocycles. The van der Waals surface area contributed by atoms with E-state index in [1.54, 1.807) is 16.2 Å². The van der Waals surface area contributed by atoms with E-state index < -0.39 is 16.4 Å². The first-order valence-corrected chi connectivity index (χ1v) is 11.8. The van der Waals surface area contributed by atoms with E-state index in [-0.39, 0.29) is 12.1 Å². The van der Waals surface area contributed by atoms with Gasteiger partial charge >= 0.3 is 16.4 Å². The molecule has 1 aromatic rings. The van der Waals surface area contributed by atoms with Gasteiger partial charge in [-0.25, -0.2) is 4.79 Å². The van der Waals surface area contributed by atoms with E-state index in [0.717, 1.165) is 41.0 Å². The smallest absolute Gasteiger partial charge is 0.317 e. The van der Waals surface area contributed by atoms with Gasteiger partial charge in [-0.1, -0.05) is 11.3 Å². The number of piperidine rings is 2. The summed E-state index contributed by atoms with van der Waals surface area (Å²) < 4.78 is 35.4. The molecule has 4 heterocycles. The number of fused-ring (bicyclic) bond motifs is 2. The van der Waals surface area contributed by atoms with Crippen molar-refractivity contribution in [1.82, 2.24) is 25.5 Å². The number of hydrogen-bond donors (Lipinski definition) is 2. The summed E-state index contributed by atoms with van der Waals surface area (Å²) in [5.74, 6) is 0.453. The average molecular weight is 430 g/mol. The van der Waals surface area contributed by atoms with Gasteiger partial charge in [0.1, 0.15) is 10.0 Å². The van der Waals surface area contributed by atoms with Crippen molar-refractivity contribution >= 4 is 27.8 Å². The second kappa shape index (κ2) is 6.59. The van der Waals surface area contributed by atoms with Gasteiger partial charge in [-0.15, -0.1) is 14.5 Å². The molecule has 28 heavy (non-hydrogen) atoms. The number of urea groups is 1. The zero-order valence-electron chi connectivity index (χ0n) is 15.3. The van der Waals surface area contributed by atoms with Crippen LogP contribution in [-0.4, -0.2) is 64.8 Å². The minimum Gasteiger partial charge on any atom is -0.317 e. The molecule has 1 saturated carbocycles. The molecule has 2 amide bonds. The first-order chi connectivity index (χ1) is 13.3. The minimum atomic E-state index is -4.73. The highest BCUT2D eigenvalue weighted by molar-refractivity contribution is 7.80. The molecule has 1 aromatic heterocycles. The van der Waals surface area contributed by atoms with Gasteiger partial charge in [0.15, 0.2) is 0 Å². The maximum Gasteiger partial charge on any atom is 0.418 e. The Balaban J connectivity index is 1.27. The van der Waals surface area contributed by atoms with E-state index in [4.69, 9.17) is 4.55 Å². The van der Waals surface area contributed by atoms with Gasteiger partial charge < -0.3 is 10.2 Å². The van der Waals surface area contributed by atoms with Gasteiger partial charge in [-0.05, 0) is 57.0 Å². The van der Waals surface area contributed by atoms with Crippen LogP contribution < -0.4 is 5.32 Å². The SMILES string of the molecule is O=C1N2C[C@H](CC[C@H]2c2nnc(C3CC4(CCNCC4)C3)s2)N1OS(=O)(=O)O. The first-order valence-electron chi connectivity index (χ1n) is 9.64. The highest BCUT2D eigenvalue weighted by atomic mass is 32.3. The normalized spacial score (nSPS) is 30.1. The average Bonchev–Trinajstić information content (AvgIpc) is 3.20. The lowest BCUT2D eigenvalue weighted by Gasteiger charge is -2.49. The molecule has 0 radical (unpaired) electrons. The fourth-order valence-electron chi connectivity index (χ4n) is 5.16. The summed E-state index contributed by atoms with van der Waals surface area (Å²) in [6, 6.07) is -1.17. The maximum absolute atomic E-state index is 12.6. The number of rotatable bonds is 4. The van der Waals surface area contributed by atoms with Crippen LogP contribution in [0.1, 0.15) is 60.5 Å². The molecule has 2 N–H and O–H groups in total. The Labute approximate surface area is 167 Å². The molecule has 5 rings (SSSR count). The largest absolute Gasteiger partial charge is 0.418 e. The maximum atomic E-state index is 12.6. The predicted molar refractivity (Wildman–Crippen MR) is 98.8 cm³/mol. The van der Waals surface area contributed by atoms with E-state index in [1.165, 1.54) is 12.8 Å². The standard InChI is InChI=1S/C16H23N5O5S2/c22-15-20-9-11(21(15)26-28(23,24)25)1-2-12(20)14-19-18-13(27-14)10-7-16(8-10)3-5-17-6-4-16/h10-12,17H,1-9H2,(H,23,24,25)/t11-,12-/m0/s1. The number of hydrogen-bond acceptors (Lipinski definition) is 8. The van der Waals surface area contributed by atoms with Gasteiger partial charge in [0, 0.05) is 12.5 Å². The summed E-state index contributed by atoms with van der Waals surface area (Å²) in [5, 5.41) is 14.8. The summed E-state index contributed by atoms with van der Waals surface area (Å²) in [5.41, 5.74) is 0.471. The Morgan fingerprint density at radius 3 is 2.61 bits per heavy atom. The van der Waals surface area contributed by atoms with Gasteiger partial charge in [0.2, 0.25) is 0 Å². The van der Waals surface area contributed by atoms with Gasteiger partial charge in [0.25, 0.3) is 0 Å². The Morgan fingerprint density at radius 1 is 1.18 bits per heavy atom. The Kier molecular flexibility index (Phi) is 4.40. The number of nitrogens with zero attached hydrogens (tertiary/aromatic N) is 4. The number of carbonyl (C=O) groups is 1. The van der Waals surface area contributed by atoms with Crippen LogP contribution in [-0.2, 0) is 14.7 Å². The number of aromatic nitrogens is 2. The van der Waals surface area contributed by atoms with Crippen LogP contribution in [0.4, 0.5) is 4.79 Å². The summed E-state index contributed by atoms with van der Waals surface area (Å²) in [6.07, 6.45) is 6.02. The lowest BCUT2D eigenvalue weighted by atomic mass is 9.58. The topological polar surface area (TPSA) is 125 Å². The number of hydroxylamine groups is 2. The van der Waals surface area contributed by atoms with E-state index in [0.29, 0.717) is 30.7 Å². The molecular weight excluding hydrogens is 406 g/mol. The Morgan fingerprint density at radius 2 is 1.89 bits per heavy atom. The predicted octanol–water partition coefficient (Wildman–Crippen LogP) is 1.46. The molecule has 3 saturated heterocycles. The second-order valence-electron chi connectivity index (χ2n) is 8.34. The molecule has 12 heteroatoms. The van der Waals surface area contributed by atoms with Crippen molar-refractivity contribution in [3.05, 3.63) is 10.0 Å². The van der Waals surface area contributed by atoms with Crippen LogP contribution in [0.25, 0.3) is 0 Å². The third-order valence-corrected chi connectivity index (χ3v) is 8.15. The highest BCUT2D eigenvalue weighted by Crippen LogP contribution is 2.56. The van der Waals surface area contributed by atoms with Crippen LogP contribution in [0.3, 0.4) is 0 Å². The summed E-state index contributed by atoms with van der Waals surface area (Å²) in [6.45, 7) is 2.54. The van der Waals surface area contributed by atoms with Crippen LogP contribution in [0.2, 0.25) is 0 Å². The lowest BCUT2D eigenvalue weighted by Crippen LogP contribution is -2.44. The summed E-state index contributed by atoms with van der Waals surface area (Å²) in [7, 11) is -4.73. The van der Waals surface area contributed by atoms with Gasteiger partial charge in [-0.3, -0.25) is 4.55 Å². The molecule has 3 aliphatic heterocycles. The van der Waals surface area contributed by atoms with Gasteiger partial charge in [-0.2, -0.15) is 13.5 Å². The van der Waals surface area contributed by atoms with Crippen molar-refractivity contribution in [2.45, 2.75) is 56.5 Å². The molecule has 4 fully saturated rings. The molecule has 0 unspecified atom stereocenters. The van der Waals surface area contributed by atoms with Crippen molar-refractivity contribution in [2.75, 3.05) is 19.6 Å². The zero-order valence-corrected chi connectivity index (χ0v) is 16.9. The molecule has 154 valence electrons. The molecule has 1 aliphatic carbocycles. The minimum absolute atomic E-state index is 0.224. The van der Waals surface area contributed by atoms with Crippen molar-refractivity contribution < 1.29 is 22.0 Å². The number of carbonyl (C=O) groups excluding carboxylic acids is 1. The van der Waals surface area contributed by atoms with Crippen molar-refractivity contribution in [3.63, 3.8) is 0 Å². The fourth-order valence-corrected chi connectivity index (χ4v) is 6.64.